The summed E-state index contributed by atoms with van der Waals surface area (Å²) in [4.78, 5) is 15.6. The number of urea groups is 1. The molecule has 0 saturated heterocycles. The average molecular weight is 250 g/mol. The largest absolute Gasteiger partial charge is 0.339 e. The summed E-state index contributed by atoms with van der Waals surface area (Å²) in [6.07, 6.45) is 5.82. The highest BCUT2D eigenvalue weighted by atomic mass is 16.5. The van der Waals surface area contributed by atoms with Crippen LogP contribution in [-0.4, -0.2) is 28.8 Å². The van der Waals surface area contributed by atoms with Crippen molar-refractivity contribution in [2.75, 3.05) is 6.54 Å². The Morgan fingerprint density at radius 1 is 1.56 bits per heavy atom. The molecule has 1 rings (SSSR count). The highest BCUT2D eigenvalue weighted by molar-refractivity contribution is 5.74. The fourth-order valence-electron chi connectivity index (χ4n) is 1.32. The summed E-state index contributed by atoms with van der Waals surface area (Å²) in [5.74, 6) is 3.81. The van der Waals surface area contributed by atoms with Crippen LogP contribution in [0.15, 0.2) is 4.52 Å². The molecule has 0 aliphatic rings. The van der Waals surface area contributed by atoms with Crippen molar-refractivity contribution >= 4 is 6.03 Å². The minimum absolute atomic E-state index is 0.194. The molecule has 98 valence electrons. The van der Waals surface area contributed by atoms with Crippen molar-refractivity contribution in [2.24, 2.45) is 5.92 Å². The molecule has 2 amide bonds. The minimum atomic E-state index is -0.289. The Bertz CT molecular complexity index is 434. The quantitative estimate of drug-likeness (QED) is 0.760. The first-order chi connectivity index (χ1) is 8.52. The van der Waals surface area contributed by atoms with Crippen molar-refractivity contribution in [3.8, 4) is 12.3 Å². The molecular weight excluding hydrogens is 232 g/mol. The smallest absolute Gasteiger partial charge is 0.315 e. The lowest BCUT2D eigenvalue weighted by Crippen LogP contribution is -2.44. The van der Waals surface area contributed by atoms with Crippen LogP contribution in [0.5, 0.6) is 0 Å². The van der Waals surface area contributed by atoms with Crippen molar-refractivity contribution in [1.29, 1.82) is 0 Å². The molecule has 6 nitrogen and oxygen atoms in total. The van der Waals surface area contributed by atoms with Crippen LogP contribution in [0.2, 0.25) is 0 Å². The van der Waals surface area contributed by atoms with Gasteiger partial charge in [0.2, 0.25) is 5.89 Å². The maximum Gasteiger partial charge on any atom is 0.315 e. The van der Waals surface area contributed by atoms with E-state index in [2.05, 4.69) is 26.7 Å². The molecule has 0 aliphatic carbocycles. The number of carbonyl (C=O) groups excluding carboxylic acids is 1. The first kappa shape index (κ1) is 14.0. The molecule has 0 spiro atoms. The van der Waals surface area contributed by atoms with Gasteiger partial charge in [0.25, 0.3) is 0 Å². The molecule has 0 aliphatic heterocycles. The van der Waals surface area contributed by atoms with E-state index in [1.54, 1.807) is 6.92 Å². The average Bonchev–Trinajstić information content (AvgIpc) is 2.71. The molecule has 1 aromatic rings. The number of nitrogens with zero attached hydrogens (tertiary/aromatic N) is 2. The second-order valence-corrected chi connectivity index (χ2v) is 4.27. The number of aromatic nitrogens is 2. The van der Waals surface area contributed by atoms with Crippen LogP contribution in [-0.2, 0) is 6.42 Å². The van der Waals surface area contributed by atoms with Gasteiger partial charge in [-0.05, 0) is 12.8 Å². The van der Waals surface area contributed by atoms with Crippen LogP contribution in [0, 0.1) is 25.2 Å². The molecule has 0 fully saturated rings. The van der Waals surface area contributed by atoms with Crippen LogP contribution in [0.3, 0.4) is 0 Å². The third kappa shape index (κ3) is 4.45. The van der Waals surface area contributed by atoms with Gasteiger partial charge in [0, 0.05) is 13.0 Å². The fraction of sp³-hybridized carbons (Fsp3) is 0.583. The number of hydrogen-bond donors (Lipinski definition) is 2. The normalized spacial score (nSPS) is 11.9. The minimum Gasteiger partial charge on any atom is -0.339 e. The van der Waals surface area contributed by atoms with Gasteiger partial charge in [0.1, 0.15) is 0 Å². The lowest BCUT2D eigenvalue weighted by Gasteiger charge is -2.16. The number of nitrogens with one attached hydrogen (secondary N) is 2. The Hall–Kier alpha value is -2.03. The van der Waals surface area contributed by atoms with Crippen molar-refractivity contribution in [2.45, 2.75) is 33.2 Å². The predicted octanol–water partition coefficient (Wildman–Crippen LogP) is 0.878. The Morgan fingerprint density at radius 2 is 2.28 bits per heavy atom. The second kappa shape index (κ2) is 6.64. The van der Waals surface area contributed by atoms with E-state index < -0.39 is 0 Å². The Morgan fingerprint density at radius 3 is 2.78 bits per heavy atom. The van der Waals surface area contributed by atoms with Crippen LogP contribution in [0.1, 0.15) is 25.6 Å². The number of amides is 2. The van der Waals surface area contributed by atoms with Crippen LogP contribution in [0.25, 0.3) is 0 Å². The summed E-state index contributed by atoms with van der Waals surface area (Å²) in [7, 11) is 0. The topological polar surface area (TPSA) is 80.0 Å². The van der Waals surface area contributed by atoms with Crippen molar-refractivity contribution in [3.63, 3.8) is 0 Å². The highest BCUT2D eigenvalue weighted by Crippen LogP contribution is 1.99. The predicted molar refractivity (Wildman–Crippen MR) is 66.7 cm³/mol. The van der Waals surface area contributed by atoms with E-state index in [0.29, 0.717) is 24.7 Å². The van der Waals surface area contributed by atoms with Crippen molar-refractivity contribution in [3.05, 3.63) is 11.7 Å². The molecule has 0 aromatic carbocycles. The molecule has 0 radical (unpaired) electrons. The third-order valence-corrected chi connectivity index (χ3v) is 2.33. The van der Waals surface area contributed by atoms with Gasteiger partial charge >= 0.3 is 6.03 Å². The van der Waals surface area contributed by atoms with E-state index in [4.69, 9.17) is 10.9 Å². The standard InChI is InChI=1S/C12H18N4O2/c1-5-10(8(2)3)15-12(17)13-7-6-11-14-9(4)16-18-11/h1,8,10H,6-7H2,2-4H3,(H2,13,15,17)/t10-/m0/s1. The third-order valence-electron chi connectivity index (χ3n) is 2.33. The molecular formula is C12H18N4O2. The second-order valence-electron chi connectivity index (χ2n) is 4.27. The van der Waals surface area contributed by atoms with Crippen LogP contribution in [0.4, 0.5) is 4.79 Å². The highest BCUT2D eigenvalue weighted by Gasteiger charge is 2.12. The first-order valence-electron chi connectivity index (χ1n) is 5.82. The number of hydrogen-bond acceptors (Lipinski definition) is 4. The molecule has 6 heteroatoms. The van der Waals surface area contributed by atoms with Gasteiger partial charge in [0.15, 0.2) is 5.82 Å². The molecule has 18 heavy (non-hydrogen) atoms. The summed E-state index contributed by atoms with van der Waals surface area (Å²) in [6.45, 7) is 6.06. The van der Waals surface area contributed by atoms with Crippen molar-refractivity contribution in [1.82, 2.24) is 20.8 Å². The summed E-state index contributed by atoms with van der Waals surface area (Å²) in [5, 5.41) is 9.05. The summed E-state index contributed by atoms with van der Waals surface area (Å²) in [6, 6.07) is -0.557. The van der Waals surface area contributed by atoms with Gasteiger partial charge in [-0.2, -0.15) is 4.98 Å². The van der Waals surface area contributed by atoms with Gasteiger partial charge < -0.3 is 15.2 Å². The maximum atomic E-state index is 11.5. The molecule has 0 unspecified atom stereocenters. The summed E-state index contributed by atoms with van der Waals surface area (Å²) < 4.78 is 4.92. The zero-order valence-corrected chi connectivity index (χ0v) is 10.9. The fourth-order valence-corrected chi connectivity index (χ4v) is 1.32. The summed E-state index contributed by atoms with van der Waals surface area (Å²) >= 11 is 0. The zero-order valence-electron chi connectivity index (χ0n) is 10.9. The molecule has 2 N–H and O–H groups in total. The number of aryl methyl sites for hydroxylation is 1. The SMILES string of the molecule is C#C[C@H](NC(=O)NCCc1nc(C)no1)C(C)C. The van der Waals surface area contributed by atoms with E-state index in [1.165, 1.54) is 0 Å². The van der Waals surface area contributed by atoms with Crippen LogP contribution >= 0.6 is 0 Å². The van der Waals surface area contributed by atoms with E-state index in [1.807, 2.05) is 13.8 Å². The molecule has 1 aromatic heterocycles. The van der Waals surface area contributed by atoms with E-state index in [9.17, 15) is 4.79 Å². The Balaban J connectivity index is 2.27. The Labute approximate surface area is 107 Å². The maximum absolute atomic E-state index is 11.5. The molecule has 1 atom stereocenters. The number of carbonyl (C=O) groups is 1. The van der Waals surface area contributed by atoms with Gasteiger partial charge in [-0.15, -0.1) is 6.42 Å². The molecule has 0 bridgehead atoms. The van der Waals surface area contributed by atoms with Gasteiger partial charge in [0.05, 0.1) is 6.04 Å². The van der Waals surface area contributed by atoms with E-state index in [-0.39, 0.29) is 18.0 Å². The van der Waals surface area contributed by atoms with Gasteiger partial charge in [-0.1, -0.05) is 24.9 Å². The monoisotopic (exact) mass is 250 g/mol. The number of terminal acetylenes is 1. The van der Waals surface area contributed by atoms with Crippen molar-refractivity contribution < 1.29 is 9.32 Å². The van der Waals surface area contributed by atoms with Gasteiger partial charge in [-0.25, -0.2) is 4.79 Å². The zero-order chi connectivity index (χ0) is 13.5. The first-order valence-corrected chi connectivity index (χ1v) is 5.82. The lowest BCUT2D eigenvalue weighted by molar-refractivity contribution is 0.236. The Kier molecular flexibility index (Phi) is 5.18. The molecule has 1 heterocycles. The lowest BCUT2D eigenvalue weighted by atomic mass is 10.1. The van der Waals surface area contributed by atoms with Gasteiger partial charge in [-0.3, -0.25) is 0 Å². The van der Waals surface area contributed by atoms with Crippen LogP contribution < -0.4 is 10.6 Å². The van der Waals surface area contributed by atoms with E-state index in [0.717, 1.165) is 0 Å². The molecule has 0 saturated carbocycles. The van der Waals surface area contributed by atoms with E-state index >= 15 is 0 Å². The summed E-state index contributed by atoms with van der Waals surface area (Å²) in [5.41, 5.74) is 0. The number of rotatable bonds is 5.